The summed E-state index contributed by atoms with van der Waals surface area (Å²) in [7, 11) is 1.32. The fourth-order valence-electron chi connectivity index (χ4n) is 1.20. The van der Waals surface area contributed by atoms with E-state index in [0.717, 1.165) is 14.5 Å². The van der Waals surface area contributed by atoms with Crippen molar-refractivity contribution in [3.8, 4) is 0 Å². The highest BCUT2D eigenvalue weighted by atomic mass is 79.9. The Hall–Kier alpha value is -0.880. The molecular formula is C9H6Br2N2O2. The molecule has 0 amide bonds. The molecule has 0 aliphatic carbocycles. The number of ether oxygens (including phenoxy) is 1. The van der Waals surface area contributed by atoms with E-state index in [0.29, 0.717) is 5.52 Å². The van der Waals surface area contributed by atoms with Gasteiger partial charge in [-0.15, -0.1) is 0 Å². The number of nitrogens with one attached hydrogen (secondary N) is 1. The lowest BCUT2D eigenvalue weighted by molar-refractivity contribution is 0.0588. The molecule has 4 nitrogen and oxygen atoms in total. The number of nitrogens with zero attached hydrogens (tertiary/aromatic N) is 1. The van der Waals surface area contributed by atoms with Gasteiger partial charge in [-0.25, -0.2) is 9.78 Å². The largest absolute Gasteiger partial charge is 0.463 e. The average molecular weight is 334 g/mol. The number of fused-ring (bicyclic) bond motifs is 1. The standard InChI is InChI=1S/C9H6Br2N2O2/c1-15-9(14)8-12-6-2-4(10)5(11)3-7(6)13-8/h2-3H,1H3,(H,12,13). The van der Waals surface area contributed by atoms with Crippen molar-refractivity contribution in [3.63, 3.8) is 0 Å². The predicted octanol–water partition coefficient (Wildman–Crippen LogP) is 2.87. The molecule has 2 aromatic rings. The maximum atomic E-state index is 11.2. The third-order valence-electron chi connectivity index (χ3n) is 1.90. The Balaban J connectivity index is 2.61. The minimum absolute atomic E-state index is 0.206. The second kappa shape index (κ2) is 3.94. The lowest BCUT2D eigenvalue weighted by Gasteiger charge is -1.93. The van der Waals surface area contributed by atoms with E-state index in [4.69, 9.17) is 0 Å². The van der Waals surface area contributed by atoms with Gasteiger partial charge in [-0.2, -0.15) is 0 Å². The monoisotopic (exact) mass is 332 g/mol. The number of benzene rings is 1. The van der Waals surface area contributed by atoms with Gasteiger partial charge in [0, 0.05) is 8.95 Å². The number of imidazole rings is 1. The number of H-pyrrole nitrogens is 1. The molecule has 0 aliphatic heterocycles. The number of aromatic amines is 1. The molecule has 15 heavy (non-hydrogen) atoms. The van der Waals surface area contributed by atoms with Gasteiger partial charge in [0.05, 0.1) is 18.1 Å². The van der Waals surface area contributed by atoms with Crippen LogP contribution in [0.3, 0.4) is 0 Å². The molecule has 0 atom stereocenters. The van der Waals surface area contributed by atoms with E-state index in [-0.39, 0.29) is 5.82 Å². The summed E-state index contributed by atoms with van der Waals surface area (Å²) in [5.41, 5.74) is 1.50. The first kappa shape index (κ1) is 10.6. The van der Waals surface area contributed by atoms with Crippen molar-refractivity contribution < 1.29 is 9.53 Å². The molecule has 0 unspecified atom stereocenters. The normalized spacial score (nSPS) is 10.6. The zero-order valence-electron chi connectivity index (χ0n) is 7.67. The number of halogens is 2. The molecule has 1 N–H and O–H groups in total. The maximum Gasteiger partial charge on any atom is 0.374 e. The summed E-state index contributed by atoms with van der Waals surface area (Å²) < 4.78 is 6.36. The van der Waals surface area contributed by atoms with Crippen LogP contribution in [-0.4, -0.2) is 23.0 Å². The zero-order chi connectivity index (χ0) is 11.0. The molecule has 1 aromatic carbocycles. The van der Waals surface area contributed by atoms with Gasteiger partial charge in [0.25, 0.3) is 0 Å². The van der Waals surface area contributed by atoms with Gasteiger partial charge in [-0.1, -0.05) is 0 Å². The van der Waals surface area contributed by atoms with E-state index in [9.17, 15) is 4.79 Å². The summed E-state index contributed by atoms with van der Waals surface area (Å²) >= 11 is 6.73. The number of aromatic nitrogens is 2. The van der Waals surface area contributed by atoms with Gasteiger partial charge in [-0.3, -0.25) is 0 Å². The van der Waals surface area contributed by atoms with Crippen LogP contribution in [0.4, 0.5) is 0 Å². The molecule has 0 saturated heterocycles. The van der Waals surface area contributed by atoms with Crippen molar-refractivity contribution in [2.75, 3.05) is 7.11 Å². The smallest absolute Gasteiger partial charge is 0.374 e. The highest BCUT2D eigenvalue weighted by molar-refractivity contribution is 9.13. The maximum absolute atomic E-state index is 11.2. The minimum Gasteiger partial charge on any atom is -0.463 e. The van der Waals surface area contributed by atoms with E-state index in [1.807, 2.05) is 12.1 Å². The van der Waals surface area contributed by atoms with Gasteiger partial charge < -0.3 is 9.72 Å². The average Bonchev–Trinajstić information content (AvgIpc) is 2.60. The number of rotatable bonds is 1. The number of hydrogen-bond donors (Lipinski definition) is 1. The molecule has 0 saturated carbocycles. The summed E-state index contributed by atoms with van der Waals surface area (Å²) in [6.45, 7) is 0. The molecule has 6 heteroatoms. The summed E-state index contributed by atoms with van der Waals surface area (Å²) in [6, 6.07) is 3.67. The highest BCUT2D eigenvalue weighted by Crippen LogP contribution is 2.27. The van der Waals surface area contributed by atoms with E-state index < -0.39 is 5.97 Å². The van der Waals surface area contributed by atoms with E-state index in [1.165, 1.54) is 7.11 Å². The van der Waals surface area contributed by atoms with Crippen molar-refractivity contribution in [2.24, 2.45) is 0 Å². The Labute approximate surface area is 102 Å². The van der Waals surface area contributed by atoms with Crippen LogP contribution >= 0.6 is 31.9 Å². The Kier molecular flexibility index (Phi) is 2.79. The number of esters is 1. The number of carbonyl (C=O) groups excluding carboxylic acids is 1. The van der Waals surface area contributed by atoms with Gasteiger partial charge in [-0.05, 0) is 44.0 Å². The van der Waals surface area contributed by atoms with Crippen molar-refractivity contribution in [1.82, 2.24) is 9.97 Å². The van der Waals surface area contributed by atoms with Crippen LogP contribution in [0.15, 0.2) is 21.1 Å². The fourth-order valence-corrected chi connectivity index (χ4v) is 1.87. The topological polar surface area (TPSA) is 55.0 Å². The van der Waals surface area contributed by atoms with Crippen LogP contribution in [0.2, 0.25) is 0 Å². The van der Waals surface area contributed by atoms with Gasteiger partial charge in [0.1, 0.15) is 0 Å². The Morgan fingerprint density at radius 1 is 1.40 bits per heavy atom. The molecule has 0 bridgehead atoms. The summed E-state index contributed by atoms with van der Waals surface area (Å²) in [6.07, 6.45) is 0. The SMILES string of the molecule is COC(=O)c1nc2cc(Br)c(Br)cc2[nH]1. The second-order valence-corrected chi connectivity index (χ2v) is 4.57. The molecule has 2 rings (SSSR count). The van der Waals surface area contributed by atoms with Gasteiger partial charge >= 0.3 is 5.97 Å². The molecule has 0 fully saturated rings. The predicted molar refractivity (Wildman–Crippen MR) is 62.8 cm³/mol. The lowest BCUT2D eigenvalue weighted by Crippen LogP contribution is -2.02. The number of hydrogen-bond acceptors (Lipinski definition) is 3. The van der Waals surface area contributed by atoms with E-state index >= 15 is 0 Å². The summed E-state index contributed by atoms with van der Waals surface area (Å²) in [5, 5.41) is 0. The first-order valence-corrected chi connectivity index (χ1v) is 5.63. The summed E-state index contributed by atoms with van der Waals surface area (Å²) in [4.78, 5) is 18.2. The van der Waals surface area contributed by atoms with Crippen molar-refractivity contribution in [2.45, 2.75) is 0 Å². The number of methoxy groups -OCH3 is 1. The molecule has 0 spiro atoms. The third-order valence-corrected chi connectivity index (χ3v) is 3.75. The highest BCUT2D eigenvalue weighted by Gasteiger charge is 2.12. The summed E-state index contributed by atoms with van der Waals surface area (Å²) in [5.74, 6) is -0.268. The Bertz CT molecular complexity index is 497. The van der Waals surface area contributed by atoms with Crippen molar-refractivity contribution in [1.29, 1.82) is 0 Å². The van der Waals surface area contributed by atoms with Crippen LogP contribution in [0.25, 0.3) is 11.0 Å². The van der Waals surface area contributed by atoms with Crippen molar-refractivity contribution >= 4 is 48.9 Å². The van der Waals surface area contributed by atoms with E-state index in [2.05, 4.69) is 46.6 Å². The Morgan fingerprint density at radius 2 is 2.07 bits per heavy atom. The molecule has 78 valence electrons. The first-order valence-electron chi connectivity index (χ1n) is 4.05. The van der Waals surface area contributed by atoms with Crippen LogP contribution in [0.1, 0.15) is 10.6 Å². The lowest BCUT2D eigenvalue weighted by atomic mass is 10.3. The van der Waals surface area contributed by atoms with Gasteiger partial charge in [0.15, 0.2) is 0 Å². The molecule has 1 aromatic heterocycles. The zero-order valence-corrected chi connectivity index (χ0v) is 10.8. The van der Waals surface area contributed by atoms with Gasteiger partial charge in [0.2, 0.25) is 5.82 Å². The third kappa shape index (κ3) is 1.91. The quantitative estimate of drug-likeness (QED) is 0.816. The number of carbonyl (C=O) groups is 1. The fraction of sp³-hybridized carbons (Fsp3) is 0.111. The molecule has 1 heterocycles. The first-order chi connectivity index (χ1) is 7.11. The van der Waals surface area contributed by atoms with E-state index in [1.54, 1.807) is 0 Å². The van der Waals surface area contributed by atoms with Crippen LogP contribution < -0.4 is 0 Å². The van der Waals surface area contributed by atoms with Crippen LogP contribution in [-0.2, 0) is 4.74 Å². The Morgan fingerprint density at radius 3 is 2.73 bits per heavy atom. The minimum atomic E-state index is -0.474. The molecular weight excluding hydrogens is 328 g/mol. The van der Waals surface area contributed by atoms with Crippen LogP contribution in [0, 0.1) is 0 Å². The van der Waals surface area contributed by atoms with Crippen LogP contribution in [0.5, 0.6) is 0 Å². The molecule has 0 aliphatic rings. The second-order valence-electron chi connectivity index (χ2n) is 2.86. The molecule has 0 radical (unpaired) electrons. The van der Waals surface area contributed by atoms with Crippen molar-refractivity contribution in [3.05, 3.63) is 26.9 Å².